The van der Waals surface area contributed by atoms with Crippen molar-refractivity contribution in [3.05, 3.63) is 46.3 Å². The minimum absolute atomic E-state index is 0.136. The molecule has 1 aromatic carbocycles. The Morgan fingerprint density at radius 1 is 1.05 bits per heavy atom. The van der Waals surface area contributed by atoms with E-state index in [9.17, 15) is 16.8 Å². The first-order chi connectivity index (χ1) is 10.1. The Labute approximate surface area is 138 Å². The van der Waals surface area contributed by atoms with Crippen LogP contribution < -0.4 is 4.72 Å². The van der Waals surface area contributed by atoms with E-state index in [0.29, 0.717) is 9.90 Å². The molecular formula is C13H14ClNO4S3. The minimum Gasteiger partial charge on any atom is -0.224 e. The van der Waals surface area contributed by atoms with Crippen LogP contribution in [0.3, 0.4) is 0 Å². The van der Waals surface area contributed by atoms with Gasteiger partial charge in [-0.15, -0.1) is 11.3 Å². The number of thiophene rings is 1. The molecule has 1 atom stereocenters. The van der Waals surface area contributed by atoms with Crippen molar-refractivity contribution in [3.8, 4) is 0 Å². The van der Waals surface area contributed by atoms with Gasteiger partial charge < -0.3 is 0 Å². The van der Waals surface area contributed by atoms with Crippen molar-refractivity contribution in [1.29, 1.82) is 0 Å². The van der Waals surface area contributed by atoms with Gasteiger partial charge in [0.2, 0.25) is 0 Å². The Kier molecular flexibility index (Phi) is 4.98. The van der Waals surface area contributed by atoms with Gasteiger partial charge in [0, 0.05) is 12.3 Å². The molecule has 0 radical (unpaired) electrons. The van der Waals surface area contributed by atoms with Crippen LogP contribution in [0, 0.1) is 0 Å². The molecule has 0 fully saturated rings. The zero-order valence-electron chi connectivity index (χ0n) is 11.8. The first kappa shape index (κ1) is 17.4. The molecule has 0 amide bonds. The van der Waals surface area contributed by atoms with Crippen LogP contribution >= 0.6 is 22.9 Å². The van der Waals surface area contributed by atoms with Gasteiger partial charge in [-0.05, 0) is 36.8 Å². The van der Waals surface area contributed by atoms with Gasteiger partial charge in [0.25, 0.3) is 10.0 Å². The van der Waals surface area contributed by atoms with E-state index in [-0.39, 0.29) is 9.10 Å². The molecule has 1 heterocycles. The largest absolute Gasteiger partial charge is 0.250 e. The second-order valence-corrected chi connectivity index (χ2v) is 10.4. The van der Waals surface area contributed by atoms with E-state index in [2.05, 4.69) is 4.72 Å². The minimum atomic E-state index is -3.66. The molecule has 0 saturated heterocycles. The molecule has 2 rings (SSSR count). The van der Waals surface area contributed by atoms with Gasteiger partial charge in [-0.2, -0.15) is 0 Å². The number of rotatable bonds is 5. The number of benzene rings is 1. The number of hydrogen-bond acceptors (Lipinski definition) is 5. The smallest absolute Gasteiger partial charge is 0.224 e. The Morgan fingerprint density at radius 2 is 1.64 bits per heavy atom. The molecule has 0 aliphatic carbocycles. The summed E-state index contributed by atoms with van der Waals surface area (Å²) in [7, 11) is -6.93. The Morgan fingerprint density at radius 3 is 2.09 bits per heavy atom. The fraction of sp³-hybridized carbons (Fsp3) is 0.231. The van der Waals surface area contributed by atoms with Crippen LogP contribution in [0.25, 0.3) is 0 Å². The number of halogens is 1. The van der Waals surface area contributed by atoms with Crippen LogP contribution in [0.15, 0.2) is 45.5 Å². The van der Waals surface area contributed by atoms with Gasteiger partial charge in [0.1, 0.15) is 4.21 Å². The molecule has 22 heavy (non-hydrogen) atoms. The SMILES string of the molecule is CC(NS(=O)(=O)c1ccc(Cl)s1)c1ccc(S(C)(=O)=O)cc1. The lowest BCUT2D eigenvalue weighted by Crippen LogP contribution is -2.26. The highest BCUT2D eigenvalue weighted by Gasteiger charge is 2.20. The highest BCUT2D eigenvalue weighted by atomic mass is 35.5. The topological polar surface area (TPSA) is 80.3 Å². The third-order valence-corrected chi connectivity index (χ3v) is 7.35. The number of sulfone groups is 1. The molecule has 1 N–H and O–H groups in total. The predicted molar refractivity (Wildman–Crippen MR) is 87.6 cm³/mol. The summed E-state index contributed by atoms with van der Waals surface area (Å²) in [5.41, 5.74) is 0.665. The monoisotopic (exact) mass is 379 g/mol. The van der Waals surface area contributed by atoms with Crippen molar-refractivity contribution in [3.63, 3.8) is 0 Å². The van der Waals surface area contributed by atoms with Gasteiger partial charge in [-0.1, -0.05) is 23.7 Å². The fourth-order valence-electron chi connectivity index (χ4n) is 1.80. The second kappa shape index (κ2) is 6.29. The zero-order chi connectivity index (χ0) is 16.5. The summed E-state index contributed by atoms with van der Waals surface area (Å²) in [4.78, 5) is 0.191. The highest BCUT2D eigenvalue weighted by molar-refractivity contribution is 7.91. The van der Waals surface area contributed by atoms with E-state index >= 15 is 0 Å². The summed E-state index contributed by atoms with van der Waals surface area (Å²) >= 11 is 6.72. The van der Waals surface area contributed by atoms with Crippen LogP contribution in [0.4, 0.5) is 0 Å². The van der Waals surface area contributed by atoms with Crippen molar-refractivity contribution >= 4 is 42.8 Å². The van der Waals surface area contributed by atoms with E-state index in [1.807, 2.05) is 0 Å². The number of nitrogens with one attached hydrogen (secondary N) is 1. The van der Waals surface area contributed by atoms with Gasteiger partial charge in [0.05, 0.1) is 9.23 Å². The first-order valence-electron chi connectivity index (χ1n) is 6.17. The van der Waals surface area contributed by atoms with E-state index in [4.69, 9.17) is 11.6 Å². The lowest BCUT2D eigenvalue weighted by atomic mass is 10.1. The van der Waals surface area contributed by atoms with Crippen molar-refractivity contribution in [2.45, 2.75) is 22.1 Å². The molecule has 1 aromatic heterocycles. The zero-order valence-corrected chi connectivity index (χ0v) is 15.0. The molecule has 120 valence electrons. The van der Waals surface area contributed by atoms with E-state index in [1.165, 1.54) is 24.3 Å². The molecule has 0 saturated carbocycles. The van der Waals surface area contributed by atoms with Gasteiger partial charge in [-0.25, -0.2) is 21.6 Å². The molecule has 5 nitrogen and oxygen atoms in total. The summed E-state index contributed by atoms with van der Waals surface area (Å²) in [6, 6.07) is 8.55. The molecule has 0 aliphatic rings. The summed E-state index contributed by atoms with van der Waals surface area (Å²) in [5, 5.41) is 0. The summed E-state index contributed by atoms with van der Waals surface area (Å²) in [6.07, 6.45) is 1.12. The van der Waals surface area contributed by atoms with Gasteiger partial charge in [0.15, 0.2) is 9.84 Å². The Balaban J connectivity index is 2.20. The normalized spacial score (nSPS) is 14.0. The average molecular weight is 380 g/mol. The highest BCUT2D eigenvalue weighted by Crippen LogP contribution is 2.27. The molecular weight excluding hydrogens is 366 g/mol. The maximum Gasteiger partial charge on any atom is 0.250 e. The van der Waals surface area contributed by atoms with Gasteiger partial charge >= 0.3 is 0 Å². The van der Waals surface area contributed by atoms with E-state index in [1.54, 1.807) is 19.1 Å². The molecule has 2 aromatic rings. The van der Waals surface area contributed by atoms with Crippen LogP contribution in [-0.4, -0.2) is 23.1 Å². The summed E-state index contributed by atoms with van der Waals surface area (Å²) in [5.74, 6) is 0. The number of hydrogen-bond donors (Lipinski definition) is 1. The quantitative estimate of drug-likeness (QED) is 0.866. The molecule has 1 unspecified atom stereocenters. The van der Waals surface area contributed by atoms with E-state index in [0.717, 1.165) is 17.6 Å². The molecule has 0 spiro atoms. The van der Waals surface area contributed by atoms with Crippen LogP contribution in [0.5, 0.6) is 0 Å². The van der Waals surface area contributed by atoms with Crippen LogP contribution in [-0.2, 0) is 19.9 Å². The molecule has 9 heteroatoms. The third kappa shape index (κ3) is 4.08. The Hall–Kier alpha value is -0.930. The first-order valence-corrected chi connectivity index (χ1v) is 10.7. The maximum absolute atomic E-state index is 12.2. The van der Waals surface area contributed by atoms with Crippen molar-refractivity contribution in [1.82, 2.24) is 4.72 Å². The van der Waals surface area contributed by atoms with Crippen molar-refractivity contribution in [2.24, 2.45) is 0 Å². The lowest BCUT2D eigenvalue weighted by Gasteiger charge is -2.14. The second-order valence-electron chi connectivity index (χ2n) is 4.74. The lowest BCUT2D eigenvalue weighted by molar-refractivity contribution is 0.568. The fourth-order valence-corrected chi connectivity index (χ4v) is 5.17. The summed E-state index contributed by atoms with van der Waals surface area (Å²) in [6.45, 7) is 1.68. The van der Waals surface area contributed by atoms with E-state index < -0.39 is 25.9 Å². The maximum atomic E-state index is 12.2. The Bertz CT molecular complexity index is 870. The van der Waals surface area contributed by atoms with Crippen molar-refractivity contribution in [2.75, 3.05) is 6.26 Å². The predicted octanol–water partition coefficient (Wildman–Crippen LogP) is 2.84. The van der Waals surface area contributed by atoms with Crippen LogP contribution in [0.1, 0.15) is 18.5 Å². The molecule has 0 aliphatic heterocycles. The standard InChI is InChI=1S/C13H14ClNO4S3/c1-9(10-3-5-11(6-4-10)21(2,16)17)15-22(18,19)13-8-7-12(14)20-13/h3-9,15H,1-2H3. The summed E-state index contributed by atoms with van der Waals surface area (Å²) < 4.78 is 50.3. The van der Waals surface area contributed by atoms with Gasteiger partial charge in [-0.3, -0.25) is 0 Å². The number of sulfonamides is 1. The molecule has 0 bridgehead atoms. The third-order valence-electron chi connectivity index (χ3n) is 2.95. The average Bonchev–Trinajstić information content (AvgIpc) is 2.85. The van der Waals surface area contributed by atoms with Crippen molar-refractivity contribution < 1.29 is 16.8 Å². The van der Waals surface area contributed by atoms with Crippen LogP contribution in [0.2, 0.25) is 4.34 Å².